The summed E-state index contributed by atoms with van der Waals surface area (Å²) in [6, 6.07) is 0. The molecule has 0 aliphatic carbocycles. The molecule has 0 aromatic heterocycles. The van der Waals surface area contributed by atoms with Gasteiger partial charge in [0, 0.05) is 13.1 Å². The van der Waals surface area contributed by atoms with Gasteiger partial charge >= 0.3 is 6.09 Å². The lowest BCUT2D eigenvalue weighted by molar-refractivity contribution is 0.150. The molecule has 1 heterocycles. The Morgan fingerprint density at radius 3 is 3.00 bits per heavy atom. The second-order valence-corrected chi connectivity index (χ2v) is 2.34. The van der Waals surface area contributed by atoms with Crippen LogP contribution in [0.4, 0.5) is 4.79 Å². The maximum Gasteiger partial charge on any atom is 0.407 e. The van der Waals surface area contributed by atoms with Crippen LogP contribution in [-0.4, -0.2) is 29.2 Å². The molecule has 0 saturated heterocycles. The average Bonchev–Trinajstić information content (AvgIpc) is 2.12. The number of hydrogen-bond acceptors (Lipinski definition) is 1. The van der Waals surface area contributed by atoms with E-state index < -0.39 is 6.09 Å². The monoisotopic (exact) mass is 141 g/mol. The quantitative estimate of drug-likeness (QED) is 0.517. The number of carbonyl (C=O) groups is 1. The first-order chi connectivity index (χ1) is 4.80. The van der Waals surface area contributed by atoms with Gasteiger partial charge in [0.15, 0.2) is 0 Å². The minimum Gasteiger partial charge on any atom is -0.465 e. The molecule has 3 heteroatoms. The van der Waals surface area contributed by atoms with Gasteiger partial charge in [-0.05, 0) is 12.8 Å². The molecule has 0 aromatic carbocycles. The van der Waals surface area contributed by atoms with Gasteiger partial charge in [0.1, 0.15) is 0 Å². The largest absolute Gasteiger partial charge is 0.465 e. The van der Waals surface area contributed by atoms with Crippen LogP contribution in [0.2, 0.25) is 0 Å². The van der Waals surface area contributed by atoms with Crippen molar-refractivity contribution < 1.29 is 9.90 Å². The maximum absolute atomic E-state index is 10.4. The van der Waals surface area contributed by atoms with Gasteiger partial charge in [0.05, 0.1) is 0 Å². The predicted molar refractivity (Wildman–Crippen MR) is 38.0 cm³/mol. The van der Waals surface area contributed by atoms with Crippen LogP contribution in [0.15, 0.2) is 12.2 Å². The van der Waals surface area contributed by atoms with Crippen LogP contribution in [0.1, 0.15) is 12.8 Å². The van der Waals surface area contributed by atoms with E-state index in [-0.39, 0.29) is 0 Å². The van der Waals surface area contributed by atoms with Crippen LogP contribution in [0.25, 0.3) is 0 Å². The minimum absolute atomic E-state index is 0.551. The van der Waals surface area contributed by atoms with Gasteiger partial charge in [-0.1, -0.05) is 12.2 Å². The molecular formula is C7H11NO2. The maximum atomic E-state index is 10.4. The Bertz CT molecular complexity index is 154. The van der Waals surface area contributed by atoms with Crippen LogP contribution in [0.5, 0.6) is 0 Å². The van der Waals surface area contributed by atoms with E-state index in [1.54, 1.807) is 0 Å². The summed E-state index contributed by atoms with van der Waals surface area (Å²) in [6.07, 6.45) is 5.07. The first kappa shape index (κ1) is 7.12. The van der Waals surface area contributed by atoms with Crippen LogP contribution < -0.4 is 0 Å². The lowest BCUT2D eigenvalue weighted by Crippen LogP contribution is -2.29. The minimum atomic E-state index is -0.813. The van der Waals surface area contributed by atoms with Crippen molar-refractivity contribution in [1.29, 1.82) is 0 Å². The fourth-order valence-corrected chi connectivity index (χ4v) is 0.985. The summed E-state index contributed by atoms with van der Waals surface area (Å²) in [4.78, 5) is 11.8. The molecule has 0 saturated carbocycles. The molecule has 0 atom stereocenters. The van der Waals surface area contributed by atoms with Crippen LogP contribution >= 0.6 is 0 Å². The lowest BCUT2D eigenvalue weighted by Gasteiger charge is -2.13. The summed E-state index contributed by atoms with van der Waals surface area (Å²) in [7, 11) is 0. The molecule has 0 bridgehead atoms. The molecule has 0 unspecified atom stereocenters. The van der Waals surface area contributed by atoms with Crippen molar-refractivity contribution in [3.8, 4) is 0 Å². The second-order valence-electron chi connectivity index (χ2n) is 2.34. The van der Waals surface area contributed by atoms with E-state index in [1.165, 1.54) is 4.90 Å². The molecule has 3 nitrogen and oxygen atoms in total. The molecule has 0 radical (unpaired) electrons. The SMILES string of the molecule is O=C(O)N1CC=CCCC1. The van der Waals surface area contributed by atoms with Crippen molar-refractivity contribution in [2.45, 2.75) is 12.8 Å². The normalized spacial score (nSPS) is 18.6. The van der Waals surface area contributed by atoms with E-state index in [0.717, 1.165) is 12.8 Å². The Labute approximate surface area is 59.9 Å². The molecule has 1 aliphatic rings. The van der Waals surface area contributed by atoms with E-state index in [4.69, 9.17) is 5.11 Å². The molecule has 0 fully saturated rings. The summed E-state index contributed by atoms with van der Waals surface area (Å²) >= 11 is 0. The van der Waals surface area contributed by atoms with Crippen molar-refractivity contribution >= 4 is 6.09 Å². The highest BCUT2D eigenvalue weighted by atomic mass is 16.4. The Balaban J connectivity index is 2.45. The van der Waals surface area contributed by atoms with E-state index in [9.17, 15) is 4.79 Å². The van der Waals surface area contributed by atoms with Crippen molar-refractivity contribution in [3.05, 3.63) is 12.2 Å². The fourth-order valence-electron chi connectivity index (χ4n) is 0.985. The summed E-state index contributed by atoms with van der Waals surface area (Å²) < 4.78 is 0. The zero-order chi connectivity index (χ0) is 7.40. The number of nitrogens with zero attached hydrogens (tertiary/aromatic N) is 1. The van der Waals surface area contributed by atoms with E-state index >= 15 is 0 Å². The molecule has 1 amide bonds. The third-order valence-corrected chi connectivity index (χ3v) is 1.56. The number of hydrogen-bond donors (Lipinski definition) is 1. The van der Waals surface area contributed by atoms with Crippen molar-refractivity contribution in [2.75, 3.05) is 13.1 Å². The first-order valence-electron chi connectivity index (χ1n) is 3.43. The third kappa shape index (κ3) is 1.76. The Hall–Kier alpha value is -0.990. The molecule has 0 spiro atoms. The molecular weight excluding hydrogens is 130 g/mol. The summed E-state index contributed by atoms with van der Waals surface area (Å²) in [5.74, 6) is 0. The highest BCUT2D eigenvalue weighted by molar-refractivity contribution is 5.65. The Kier molecular flexibility index (Phi) is 2.31. The number of allylic oxidation sites excluding steroid dienone is 1. The highest BCUT2D eigenvalue weighted by Crippen LogP contribution is 2.02. The second kappa shape index (κ2) is 3.25. The van der Waals surface area contributed by atoms with E-state index in [0.29, 0.717) is 13.1 Å². The standard InChI is InChI=1S/C7H11NO2/c9-7(10)8-5-3-1-2-4-6-8/h1,3H,2,4-6H2,(H,9,10). The third-order valence-electron chi connectivity index (χ3n) is 1.56. The Morgan fingerprint density at radius 1 is 1.50 bits per heavy atom. The fraction of sp³-hybridized carbons (Fsp3) is 0.571. The van der Waals surface area contributed by atoms with Gasteiger partial charge < -0.3 is 10.0 Å². The first-order valence-corrected chi connectivity index (χ1v) is 3.43. The number of amides is 1. The van der Waals surface area contributed by atoms with Gasteiger partial charge in [0.25, 0.3) is 0 Å². The summed E-state index contributed by atoms with van der Waals surface area (Å²) in [5, 5.41) is 8.56. The molecule has 1 N–H and O–H groups in total. The molecule has 1 aliphatic heterocycles. The Morgan fingerprint density at radius 2 is 2.30 bits per heavy atom. The van der Waals surface area contributed by atoms with Crippen LogP contribution in [0, 0.1) is 0 Å². The molecule has 1 rings (SSSR count). The van der Waals surface area contributed by atoms with Gasteiger partial charge in [-0.25, -0.2) is 4.79 Å². The van der Waals surface area contributed by atoms with Gasteiger partial charge in [-0.3, -0.25) is 0 Å². The van der Waals surface area contributed by atoms with Gasteiger partial charge in [-0.15, -0.1) is 0 Å². The zero-order valence-corrected chi connectivity index (χ0v) is 5.79. The van der Waals surface area contributed by atoms with Gasteiger partial charge in [-0.2, -0.15) is 0 Å². The number of carboxylic acid groups (broad SMARTS) is 1. The zero-order valence-electron chi connectivity index (χ0n) is 5.79. The van der Waals surface area contributed by atoms with E-state index in [2.05, 4.69) is 0 Å². The lowest BCUT2D eigenvalue weighted by atomic mass is 10.3. The van der Waals surface area contributed by atoms with Crippen LogP contribution in [0.3, 0.4) is 0 Å². The summed E-state index contributed by atoms with van der Waals surface area (Å²) in [5.41, 5.74) is 0. The van der Waals surface area contributed by atoms with Gasteiger partial charge in [0.2, 0.25) is 0 Å². The van der Waals surface area contributed by atoms with Crippen molar-refractivity contribution in [3.63, 3.8) is 0 Å². The molecule has 0 aromatic rings. The molecule has 10 heavy (non-hydrogen) atoms. The van der Waals surface area contributed by atoms with Crippen LogP contribution in [-0.2, 0) is 0 Å². The predicted octanol–water partition coefficient (Wildman–Crippen LogP) is 1.32. The smallest absolute Gasteiger partial charge is 0.407 e. The summed E-state index contributed by atoms with van der Waals surface area (Å²) in [6.45, 7) is 1.22. The molecule has 56 valence electrons. The number of rotatable bonds is 0. The van der Waals surface area contributed by atoms with Crippen molar-refractivity contribution in [2.24, 2.45) is 0 Å². The van der Waals surface area contributed by atoms with E-state index in [1.807, 2.05) is 12.2 Å². The topological polar surface area (TPSA) is 40.5 Å². The average molecular weight is 141 g/mol. The highest BCUT2D eigenvalue weighted by Gasteiger charge is 2.09. The van der Waals surface area contributed by atoms with Crippen molar-refractivity contribution in [1.82, 2.24) is 4.90 Å².